The molecule has 0 aliphatic heterocycles. The number of fused-ring (bicyclic) bond motifs is 4. The highest BCUT2D eigenvalue weighted by molar-refractivity contribution is 7.92. The second kappa shape index (κ2) is 10.00. The molecule has 0 bridgehead atoms. The van der Waals surface area contributed by atoms with E-state index in [0.29, 0.717) is 30.4 Å². The molecule has 0 unspecified atom stereocenters. The minimum Gasteiger partial charge on any atom is -0.377 e. The summed E-state index contributed by atoms with van der Waals surface area (Å²) in [5.41, 5.74) is 5.35. The van der Waals surface area contributed by atoms with Gasteiger partial charge in [0, 0.05) is 24.8 Å². The number of carbonyl (C=O) groups is 1. The van der Waals surface area contributed by atoms with Crippen LogP contribution in [0, 0.1) is 36.0 Å². The lowest BCUT2D eigenvalue weighted by molar-refractivity contribution is -0.114. The number of hydrogen-bond donors (Lipinski definition) is 1. The van der Waals surface area contributed by atoms with Gasteiger partial charge < -0.3 is 5.11 Å². The molecule has 5 nitrogen and oxygen atoms in total. The highest BCUT2D eigenvalue weighted by Crippen LogP contribution is 2.66. The van der Waals surface area contributed by atoms with Gasteiger partial charge in [-0.2, -0.15) is 0 Å². The zero-order valence-corrected chi connectivity index (χ0v) is 25.2. The third-order valence-corrected chi connectivity index (χ3v) is 12.4. The maximum Gasteiger partial charge on any atom is 0.264 e. The number of allylic oxidation sites excluding steroid dienone is 4. The summed E-state index contributed by atoms with van der Waals surface area (Å²) in [7, 11) is -2.10. The average Bonchev–Trinajstić information content (AvgIpc) is 3.22. The number of ketones is 1. The molecule has 2 saturated carbocycles. The first kappa shape index (κ1) is 28.0. The highest BCUT2D eigenvalue weighted by atomic mass is 32.2. The van der Waals surface area contributed by atoms with Crippen LogP contribution in [-0.4, -0.2) is 32.0 Å². The molecule has 0 radical (unpaired) electrons. The van der Waals surface area contributed by atoms with E-state index in [0.717, 1.165) is 43.2 Å². The third-order valence-electron chi connectivity index (χ3n) is 10.6. The van der Waals surface area contributed by atoms with Gasteiger partial charge in [-0.15, -0.1) is 5.92 Å². The van der Waals surface area contributed by atoms with Crippen LogP contribution in [0.5, 0.6) is 0 Å². The van der Waals surface area contributed by atoms with Gasteiger partial charge >= 0.3 is 0 Å². The Morgan fingerprint density at radius 3 is 2.39 bits per heavy atom. The molecule has 0 heterocycles. The standard InChI is InChI=1S/C35H39NO4S/c1-5-19-35(38)20-18-32-30-16-10-25-21-27(37)13-17-29(25)33(30)31(22-34(32,35)3)24-8-11-26(12-9-24)36(4)41(39,40)28-14-6-23(2)7-15-28/h6-9,11-12,14-15,21,30-32,38H,10,13,16-18,20,22H2,1-4H3/t30-,31+,32-,34-,35-/m0/s1. The summed E-state index contributed by atoms with van der Waals surface area (Å²) in [5, 5.41) is 11.9. The summed E-state index contributed by atoms with van der Waals surface area (Å²) >= 11 is 0. The van der Waals surface area contributed by atoms with E-state index in [1.165, 1.54) is 21.0 Å². The fourth-order valence-electron chi connectivity index (χ4n) is 8.30. The van der Waals surface area contributed by atoms with E-state index in [-0.39, 0.29) is 22.0 Å². The van der Waals surface area contributed by atoms with Crippen molar-refractivity contribution in [2.75, 3.05) is 11.4 Å². The van der Waals surface area contributed by atoms with E-state index in [9.17, 15) is 18.3 Å². The molecule has 6 rings (SSSR count). The summed E-state index contributed by atoms with van der Waals surface area (Å²) in [6.07, 6.45) is 7.51. The minimum atomic E-state index is -3.69. The number of carbonyl (C=O) groups excluding carboxylic acids is 1. The fourth-order valence-corrected chi connectivity index (χ4v) is 9.50. The van der Waals surface area contributed by atoms with Gasteiger partial charge in [0.25, 0.3) is 10.0 Å². The van der Waals surface area contributed by atoms with Crippen LogP contribution in [-0.2, 0) is 14.8 Å². The predicted molar refractivity (Wildman–Crippen MR) is 162 cm³/mol. The molecule has 2 fully saturated rings. The summed E-state index contributed by atoms with van der Waals surface area (Å²) < 4.78 is 28.0. The van der Waals surface area contributed by atoms with Crippen LogP contribution in [0.25, 0.3) is 0 Å². The lowest BCUT2D eigenvalue weighted by Gasteiger charge is -2.53. The van der Waals surface area contributed by atoms with Crippen molar-refractivity contribution in [2.24, 2.45) is 17.3 Å². The summed E-state index contributed by atoms with van der Waals surface area (Å²) in [4.78, 5) is 12.6. The van der Waals surface area contributed by atoms with E-state index in [1.54, 1.807) is 26.1 Å². The molecular weight excluding hydrogens is 530 g/mol. The molecule has 214 valence electrons. The van der Waals surface area contributed by atoms with Gasteiger partial charge in [0.15, 0.2) is 5.78 Å². The van der Waals surface area contributed by atoms with Crippen molar-refractivity contribution < 1.29 is 18.3 Å². The lowest BCUT2D eigenvalue weighted by atomic mass is 9.51. The molecule has 0 amide bonds. The summed E-state index contributed by atoms with van der Waals surface area (Å²) in [6, 6.07) is 14.8. The Bertz CT molecular complexity index is 1620. The quantitative estimate of drug-likeness (QED) is 0.428. The fraction of sp³-hybridized carbons (Fsp3) is 0.457. The first-order valence-corrected chi connectivity index (χ1v) is 16.2. The van der Waals surface area contributed by atoms with E-state index in [4.69, 9.17) is 0 Å². The number of anilines is 1. The number of nitrogens with zero attached hydrogens (tertiary/aromatic N) is 1. The van der Waals surface area contributed by atoms with Crippen molar-refractivity contribution in [2.45, 2.75) is 82.1 Å². The SMILES string of the molecule is CC#C[C@]1(O)CC[C@H]2[C@@H]3CCC4=CC(=O)CCC4=C3[C@@H](c3ccc(N(C)S(=O)(=O)c4ccc(C)cc4)cc3)C[C@@]21C. The Labute approximate surface area is 244 Å². The smallest absolute Gasteiger partial charge is 0.264 e. The molecule has 0 saturated heterocycles. The third kappa shape index (κ3) is 4.40. The van der Waals surface area contributed by atoms with Gasteiger partial charge in [0.05, 0.1) is 10.6 Å². The van der Waals surface area contributed by atoms with Crippen LogP contribution >= 0.6 is 0 Å². The molecule has 2 aromatic carbocycles. The van der Waals surface area contributed by atoms with Crippen molar-refractivity contribution in [3.05, 3.63) is 82.5 Å². The number of hydrogen-bond acceptors (Lipinski definition) is 4. The molecule has 2 aromatic rings. The van der Waals surface area contributed by atoms with E-state index >= 15 is 0 Å². The summed E-state index contributed by atoms with van der Waals surface area (Å²) in [6.45, 7) is 5.97. The second-order valence-corrected chi connectivity index (χ2v) is 14.6. The number of rotatable bonds is 4. The van der Waals surface area contributed by atoms with Crippen LogP contribution in [0.15, 0.2) is 76.2 Å². The molecular formula is C35H39NO4S. The van der Waals surface area contributed by atoms with E-state index in [1.807, 2.05) is 37.3 Å². The molecule has 4 aliphatic rings. The zero-order valence-electron chi connectivity index (χ0n) is 24.4. The van der Waals surface area contributed by atoms with Crippen LogP contribution in [0.4, 0.5) is 5.69 Å². The predicted octanol–water partition coefficient (Wildman–Crippen LogP) is 6.47. The van der Waals surface area contributed by atoms with Crippen LogP contribution < -0.4 is 4.31 Å². The Hall–Kier alpha value is -3.14. The lowest BCUT2D eigenvalue weighted by Crippen LogP contribution is -2.51. The number of sulfonamides is 1. The Balaban J connectivity index is 1.41. The molecule has 41 heavy (non-hydrogen) atoms. The normalized spacial score (nSPS) is 30.9. The molecule has 0 spiro atoms. The molecule has 5 atom stereocenters. The Morgan fingerprint density at radius 1 is 1.00 bits per heavy atom. The van der Waals surface area contributed by atoms with E-state index in [2.05, 4.69) is 30.9 Å². The average molecular weight is 570 g/mol. The second-order valence-electron chi connectivity index (χ2n) is 12.6. The maximum atomic E-state index is 13.3. The maximum absolute atomic E-state index is 13.3. The monoisotopic (exact) mass is 569 g/mol. The van der Waals surface area contributed by atoms with Gasteiger partial charge in [-0.3, -0.25) is 9.10 Å². The van der Waals surface area contributed by atoms with Gasteiger partial charge in [-0.05, 0) is 111 Å². The van der Waals surface area contributed by atoms with Crippen molar-refractivity contribution in [1.29, 1.82) is 0 Å². The van der Waals surface area contributed by atoms with Crippen LogP contribution in [0.3, 0.4) is 0 Å². The van der Waals surface area contributed by atoms with Gasteiger partial charge in [-0.25, -0.2) is 8.42 Å². The largest absolute Gasteiger partial charge is 0.377 e. The minimum absolute atomic E-state index is 0.0736. The van der Waals surface area contributed by atoms with Crippen molar-refractivity contribution >= 4 is 21.5 Å². The first-order valence-electron chi connectivity index (χ1n) is 14.8. The Morgan fingerprint density at radius 2 is 1.71 bits per heavy atom. The Kier molecular flexibility index (Phi) is 6.83. The van der Waals surface area contributed by atoms with Crippen molar-refractivity contribution in [3.8, 4) is 11.8 Å². The van der Waals surface area contributed by atoms with Gasteiger partial charge in [-0.1, -0.05) is 48.2 Å². The number of benzene rings is 2. The van der Waals surface area contributed by atoms with Gasteiger partial charge in [0.2, 0.25) is 0 Å². The number of aryl methyl sites for hydroxylation is 1. The molecule has 0 aromatic heterocycles. The van der Waals surface area contributed by atoms with E-state index < -0.39 is 15.6 Å². The first-order chi connectivity index (χ1) is 19.5. The zero-order chi connectivity index (χ0) is 29.2. The molecule has 4 aliphatic carbocycles. The topological polar surface area (TPSA) is 74.7 Å². The summed E-state index contributed by atoms with van der Waals surface area (Å²) in [5.74, 6) is 7.20. The highest BCUT2D eigenvalue weighted by Gasteiger charge is 2.62. The van der Waals surface area contributed by atoms with Crippen molar-refractivity contribution in [1.82, 2.24) is 0 Å². The van der Waals surface area contributed by atoms with Crippen LogP contribution in [0.1, 0.15) is 75.8 Å². The molecule has 1 N–H and O–H groups in total. The molecule has 6 heteroatoms. The van der Waals surface area contributed by atoms with Crippen LogP contribution in [0.2, 0.25) is 0 Å². The number of aliphatic hydroxyl groups is 1. The van der Waals surface area contributed by atoms with Crippen molar-refractivity contribution in [3.63, 3.8) is 0 Å². The van der Waals surface area contributed by atoms with Gasteiger partial charge in [0.1, 0.15) is 5.60 Å².